The fourth-order valence-corrected chi connectivity index (χ4v) is 3.69. The largest absolute Gasteiger partial charge is 0.303 e. The summed E-state index contributed by atoms with van der Waals surface area (Å²) in [7, 11) is -3.12. The Morgan fingerprint density at radius 1 is 1.20 bits per heavy atom. The van der Waals surface area contributed by atoms with Gasteiger partial charge in [0.1, 0.15) is 6.29 Å². The summed E-state index contributed by atoms with van der Waals surface area (Å²) in [6.07, 6.45) is 1.94. The highest BCUT2D eigenvalue weighted by molar-refractivity contribution is 7.91. The number of aldehydes is 1. The molecule has 0 saturated heterocycles. The quantitative estimate of drug-likeness (QED) is 0.720. The van der Waals surface area contributed by atoms with Crippen molar-refractivity contribution in [3.05, 3.63) is 35.9 Å². The molecule has 0 N–H and O–H groups in total. The Kier molecular flexibility index (Phi) is 2.38. The highest BCUT2D eigenvalue weighted by Crippen LogP contribution is 2.50. The highest BCUT2D eigenvalue weighted by Gasteiger charge is 2.56. The van der Waals surface area contributed by atoms with E-state index in [0.717, 1.165) is 11.8 Å². The van der Waals surface area contributed by atoms with E-state index in [1.807, 2.05) is 30.3 Å². The van der Waals surface area contributed by atoms with Crippen molar-refractivity contribution in [2.24, 2.45) is 5.92 Å². The van der Waals surface area contributed by atoms with Crippen molar-refractivity contribution < 1.29 is 13.2 Å². The summed E-state index contributed by atoms with van der Waals surface area (Å²) in [6, 6.07) is 9.32. The Hall–Kier alpha value is -1.16. The number of carbonyl (C=O) groups excluding carboxylic acids is 1. The minimum atomic E-state index is -3.12. The van der Waals surface area contributed by atoms with Gasteiger partial charge in [-0.2, -0.15) is 0 Å². The van der Waals surface area contributed by atoms with Gasteiger partial charge in [-0.05, 0) is 5.56 Å². The zero-order chi connectivity index (χ0) is 11.1. The summed E-state index contributed by atoms with van der Waals surface area (Å²) in [5.74, 6) is -0.499. The molecule has 0 radical (unpaired) electrons. The van der Waals surface area contributed by atoms with E-state index in [2.05, 4.69) is 0 Å². The first-order valence-corrected chi connectivity index (χ1v) is 6.70. The van der Waals surface area contributed by atoms with Crippen LogP contribution >= 0.6 is 0 Å². The highest BCUT2D eigenvalue weighted by atomic mass is 32.2. The summed E-state index contributed by atoms with van der Waals surface area (Å²) in [5.41, 5.74) is 0.935. The van der Waals surface area contributed by atoms with Crippen LogP contribution in [0.5, 0.6) is 0 Å². The van der Waals surface area contributed by atoms with Gasteiger partial charge in [0.15, 0.2) is 9.84 Å². The van der Waals surface area contributed by atoms with E-state index in [-0.39, 0.29) is 11.8 Å². The molecule has 0 heterocycles. The number of carbonyl (C=O) groups is 1. The van der Waals surface area contributed by atoms with E-state index < -0.39 is 15.1 Å². The second-order valence-electron chi connectivity index (χ2n) is 3.94. The third-order valence-electron chi connectivity index (χ3n) is 2.84. The molecule has 0 spiro atoms. The molecule has 0 unspecified atom stereocenters. The molecule has 15 heavy (non-hydrogen) atoms. The number of rotatable bonds is 3. The van der Waals surface area contributed by atoms with Crippen LogP contribution in [0, 0.1) is 5.92 Å². The Morgan fingerprint density at radius 3 is 2.20 bits per heavy atom. The lowest BCUT2D eigenvalue weighted by molar-refractivity contribution is -0.108. The molecular formula is C11H12O3S. The maximum Gasteiger partial charge on any atom is 0.151 e. The Balaban J connectivity index is 2.31. The van der Waals surface area contributed by atoms with Gasteiger partial charge in [-0.1, -0.05) is 30.3 Å². The van der Waals surface area contributed by atoms with Gasteiger partial charge in [-0.3, -0.25) is 0 Å². The van der Waals surface area contributed by atoms with Gasteiger partial charge in [0.05, 0.1) is 5.25 Å². The molecule has 1 aliphatic rings. The minimum Gasteiger partial charge on any atom is -0.303 e. The minimum absolute atomic E-state index is 0.140. The Morgan fingerprint density at radius 2 is 1.80 bits per heavy atom. The van der Waals surface area contributed by atoms with Crippen molar-refractivity contribution in [3.8, 4) is 0 Å². The Labute approximate surface area is 89.0 Å². The molecule has 3 atom stereocenters. The van der Waals surface area contributed by atoms with Gasteiger partial charge in [0.25, 0.3) is 0 Å². The third-order valence-corrected chi connectivity index (χ3v) is 4.44. The molecule has 1 aromatic carbocycles. The predicted molar refractivity (Wildman–Crippen MR) is 57.4 cm³/mol. The molecule has 3 nitrogen and oxygen atoms in total. The van der Waals surface area contributed by atoms with Crippen molar-refractivity contribution in [2.45, 2.75) is 11.2 Å². The van der Waals surface area contributed by atoms with Crippen LogP contribution in [0.4, 0.5) is 0 Å². The average molecular weight is 224 g/mol. The zero-order valence-corrected chi connectivity index (χ0v) is 9.15. The zero-order valence-electron chi connectivity index (χ0n) is 8.33. The number of hydrogen-bond acceptors (Lipinski definition) is 3. The summed E-state index contributed by atoms with van der Waals surface area (Å²) in [6.45, 7) is 0. The summed E-state index contributed by atoms with van der Waals surface area (Å²) in [5, 5.41) is -0.516. The molecule has 4 heteroatoms. The van der Waals surface area contributed by atoms with Crippen molar-refractivity contribution >= 4 is 16.1 Å². The van der Waals surface area contributed by atoms with E-state index >= 15 is 0 Å². The second-order valence-corrected chi connectivity index (χ2v) is 6.15. The van der Waals surface area contributed by atoms with E-state index in [1.165, 1.54) is 6.26 Å². The van der Waals surface area contributed by atoms with Crippen LogP contribution in [0.15, 0.2) is 30.3 Å². The van der Waals surface area contributed by atoms with Crippen molar-refractivity contribution in [1.29, 1.82) is 0 Å². The number of hydrogen-bond donors (Lipinski definition) is 0. The van der Waals surface area contributed by atoms with Crippen molar-refractivity contribution in [1.82, 2.24) is 0 Å². The molecule has 0 aliphatic heterocycles. The molecule has 0 amide bonds. The van der Waals surface area contributed by atoms with Crippen molar-refractivity contribution in [2.75, 3.05) is 6.26 Å². The normalized spacial score (nSPS) is 29.8. The topological polar surface area (TPSA) is 51.2 Å². The molecule has 0 aromatic heterocycles. The van der Waals surface area contributed by atoms with Crippen LogP contribution in [-0.2, 0) is 14.6 Å². The van der Waals surface area contributed by atoms with Gasteiger partial charge in [-0.15, -0.1) is 0 Å². The van der Waals surface area contributed by atoms with E-state index in [4.69, 9.17) is 0 Å². The SMILES string of the molecule is CS(=O)(=O)[C@@H]1[C@H](C=O)[C@@H]1c1ccccc1. The first kappa shape index (κ1) is 10.4. The smallest absolute Gasteiger partial charge is 0.151 e. The lowest BCUT2D eigenvalue weighted by Crippen LogP contribution is -2.07. The fourth-order valence-electron chi connectivity index (χ4n) is 2.11. The predicted octanol–water partition coefficient (Wildman–Crippen LogP) is 1.01. The first-order valence-electron chi connectivity index (χ1n) is 4.75. The lowest BCUT2D eigenvalue weighted by Gasteiger charge is -1.97. The van der Waals surface area contributed by atoms with E-state index in [0.29, 0.717) is 0 Å². The van der Waals surface area contributed by atoms with Crippen LogP contribution in [0.25, 0.3) is 0 Å². The summed E-state index contributed by atoms with van der Waals surface area (Å²) >= 11 is 0. The standard InChI is InChI=1S/C11H12O3S/c1-15(13,14)11-9(7-12)10(11)8-5-3-2-4-6-8/h2-7,9-11H,1H3/t9-,10+,11-/m1/s1. The molecule has 0 bridgehead atoms. The summed E-state index contributed by atoms with van der Waals surface area (Å²) in [4.78, 5) is 10.7. The Bertz CT molecular complexity index is 464. The maximum atomic E-state index is 11.4. The molecule has 80 valence electrons. The molecule has 2 rings (SSSR count). The van der Waals surface area contributed by atoms with Gasteiger partial charge in [0.2, 0.25) is 0 Å². The van der Waals surface area contributed by atoms with Gasteiger partial charge >= 0.3 is 0 Å². The van der Waals surface area contributed by atoms with E-state index in [9.17, 15) is 13.2 Å². The summed E-state index contributed by atoms with van der Waals surface area (Å²) < 4.78 is 22.8. The molecule has 1 fully saturated rings. The van der Waals surface area contributed by atoms with Crippen LogP contribution in [0.1, 0.15) is 11.5 Å². The van der Waals surface area contributed by atoms with Crippen LogP contribution < -0.4 is 0 Å². The molecule has 1 aromatic rings. The maximum absolute atomic E-state index is 11.4. The number of sulfone groups is 1. The van der Waals surface area contributed by atoms with Gasteiger partial charge < -0.3 is 4.79 Å². The molecule has 1 saturated carbocycles. The second kappa shape index (κ2) is 3.45. The third kappa shape index (κ3) is 1.81. The van der Waals surface area contributed by atoms with Crippen LogP contribution in [-0.4, -0.2) is 26.2 Å². The number of benzene rings is 1. The van der Waals surface area contributed by atoms with Crippen molar-refractivity contribution in [3.63, 3.8) is 0 Å². The lowest BCUT2D eigenvalue weighted by atomic mass is 10.1. The van der Waals surface area contributed by atoms with Gasteiger partial charge in [-0.25, -0.2) is 8.42 Å². The molecule has 1 aliphatic carbocycles. The van der Waals surface area contributed by atoms with E-state index in [1.54, 1.807) is 0 Å². The van der Waals surface area contributed by atoms with Gasteiger partial charge in [0, 0.05) is 18.1 Å². The monoisotopic (exact) mass is 224 g/mol. The van der Waals surface area contributed by atoms with Crippen LogP contribution in [0.2, 0.25) is 0 Å². The first-order chi connectivity index (χ1) is 7.05. The fraction of sp³-hybridized carbons (Fsp3) is 0.364. The molecular weight excluding hydrogens is 212 g/mol. The average Bonchev–Trinajstić information content (AvgIpc) is 2.92. The van der Waals surface area contributed by atoms with Crippen LogP contribution in [0.3, 0.4) is 0 Å².